The smallest absolute Gasteiger partial charge is 0.270 e. The predicted molar refractivity (Wildman–Crippen MR) is 116 cm³/mol. The Hall–Kier alpha value is -3.52. The predicted octanol–water partition coefficient (Wildman–Crippen LogP) is 5.24. The number of amides is 1. The lowest BCUT2D eigenvalue weighted by Crippen LogP contribution is -2.11. The van der Waals surface area contributed by atoms with E-state index < -0.39 is 0 Å². The van der Waals surface area contributed by atoms with Gasteiger partial charge >= 0.3 is 0 Å². The minimum absolute atomic E-state index is 0.116. The van der Waals surface area contributed by atoms with Crippen molar-refractivity contribution in [3.8, 4) is 27.9 Å². The Bertz CT molecular complexity index is 1170. The first-order chi connectivity index (χ1) is 14.5. The average molecular weight is 420 g/mol. The Morgan fingerprint density at radius 1 is 1.10 bits per heavy atom. The third kappa shape index (κ3) is 4.08. The van der Waals surface area contributed by atoms with E-state index in [9.17, 15) is 4.79 Å². The molecule has 2 aromatic heterocycles. The van der Waals surface area contributed by atoms with Crippen LogP contribution in [-0.4, -0.2) is 28.1 Å². The summed E-state index contributed by atoms with van der Waals surface area (Å²) in [6.45, 7) is 4.06. The summed E-state index contributed by atoms with van der Waals surface area (Å²) in [6, 6.07) is 16.6. The van der Waals surface area contributed by atoms with Crippen molar-refractivity contribution in [1.29, 1.82) is 0 Å². The monoisotopic (exact) mass is 420 g/mol. The second kappa shape index (κ2) is 8.46. The molecule has 0 saturated heterocycles. The van der Waals surface area contributed by atoms with E-state index in [2.05, 4.69) is 20.4 Å². The third-order valence-electron chi connectivity index (χ3n) is 4.40. The Morgan fingerprint density at radius 3 is 2.63 bits per heavy atom. The van der Waals surface area contributed by atoms with Crippen LogP contribution in [0.15, 0.2) is 59.1 Å². The highest BCUT2D eigenvalue weighted by Gasteiger charge is 2.22. The Morgan fingerprint density at radius 2 is 1.90 bits per heavy atom. The molecule has 4 aromatic rings. The maximum absolute atomic E-state index is 12.6. The minimum Gasteiger partial charge on any atom is -0.497 e. The molecule has 7 nitrogen and oxygen atoms in total. The summed E-state index contributed by atoms with van der Waals surface area (Å²) >= 11 is 1.31. The number of methoxy groups -OCH3 is 1. The number of nitrogens with zero attached hydrogens (tertiary/aromatic N) is 3. The van der Waals surface area contributed by atoms with Gasteiger partial charge in [0.15, 0.2) is 5.13 Å². The molecule has 0 radical (unpaired) electrons. The number of anilines is 1. The van der Waals surface area contributed by atoms with Crippen molar-refractivity contribution in [3.05, 3.63) is 65.9 Å². The molecule has 0 atom stereocenters. The Balaban J connectivity index is 1.62. The van der Waals surface area contributed by atoms with Crippen LogP contribution in [0.5, 0.6) is 5.75 Å². The summed E-state index contributed by atoms with van der Waals surface area (Å²) in [6.07, 6.45) is 0. The van der Waals surface area contributed by atoms with E-state index in [1.807, 2.05) is 44.2 Å². The molecule has 2 heterocycles. The molecule has 4 rings (SSSR count). The number of ether oxygens (including phenoxy) is 1. The molecule has 0 fully saturated rings. The number of carbonyl (C=O) groups is 1. The zero-order valence-corrected chi connectivity index (χ0v) is 17.6. The van der Waals surface area contributed by atoms with Crippen LogP contribution >= 0.6 is 11.3 Å². The van der Waals surface area contributed by atoms with Crippen molar-refractivity contribution < 1.29 is 14.1 Å². The summed E-state index contributed by atoms with van der Waals surface area (Å²) in [5, 5.41) is 7.42. The molecule has 0 aliphatic carbocycles. The molecule has 0 bridgehead atoms. The van der Waals surface area contributed by atoms with E-state index in [-0.39, 0.29) is 11.8 Å². The average Bonchev–Trinajstić information content (AvgIpc) is 3.42. The van der Waals surface area contributed by atoms with Crippen LogP contribution in [-0.2, 0) is 0 Å². The number of carbonyl (C=O) groups excluding carboxylic acids is 1. The second-order valence-electron chi connectivity index (χ2n) is 6.86. The van der Waals surface area contributed by atoms with Gasteiger partial charge in [0, 0.05) is 11.1 Å². The van der Waals surface area contributed by atoms with Crippen LogP contribution in [0.1, 0.15) is 35.8 Å². The van der Waals surface area contributed by atoms with Crippen molar-refractivity contribution in [2.45, 2.75) is 19.8 Å². The molecule has 0 aliphatic heterocycles. The summed E-state index contributed by atoms with van der Waals surface area (Å²) in [5.74, 6) is 1.36. The van der Waals surface area contributed by atoms with E-state index in [0.717, 1.165) is 16.1 Å². The number of thiazole rings is 1. The zero-order valence-electron chi connectivity index (χ0n) is 16.7. The lowest BCUT2D eigenvalue weighted by Gasteiger charge is -2.04. The minimum atomic E-state index is -0.264. The van der Waals surface area contributed by atoms with Gasteiger partial charge in [-0.15, -0.1) is 0 Å². The first-order valence-corrected chi connectivity index (χ1v) is 10.2. The van der Waals surface area contributed by atoms with E-state index in [1.165, 1.54) is 11.3 Å². The molecule has 1 N–H and O–H groups in total. The van der Waals surface area contributed by atoms with Crippen molar-refractivity contribution >= 4 is 22.4 Å². The van der Waals surface area contributed by atoms with Gasteiger partial charge in [0.1, 0.15) is 10.6 Å². The molecule has 2 aromatic carbocycles. The highest BCUT2D eigenvalue weighted by atomic mass is 32.1. The van der Waals surface area contributed by atoms with Gasteiger partial charge in [-0.2, -0.15) is 4.98 Å². The lowest BCUT2D eigenvalue weighted by atomic mass is 10.1. The molecular weight excluding hydrogens is 400 g/mol. The fraction of sp³-hybridized carbons (Fsp3) is 0.182. The second-order valence-corrected chi connectivity index (χ2v) is 7.86. The maximum atomic E-state index is 12.6. The molecule has 0 saturated carbocycles. The number of aromatic nitrogens is 3. The van der Waals surface area contributed by atoms with Crippen molar-refractivity contribution in [2.24, 2.45) is 0 Å². The largest absolute Gasteiger partial charge is 0.497 e. The van der Waals surface area contributed by atoms with Gasteiger partial charge in [-0.3, -0.25) is 10.1 Å². The number of rotatable bonds is 6. The van der Waals surface area contributed by atoms with Crippen molar-refractivity contribution in [1.82, 2.24) is 15.1 Å². The maximum Gasteiger partial charge on any atom is 0.270 e. The fourth-order valence-corrected chi connectivity index (χ4v) is 3.92. The van der Waals surface area contributed by atoms with E-state index >= 15 is 0 Å². The highest BCUT2D eigenvalue weighted by molar-refractivity contribution is 7.19. The van der Waals surface area contributed by atoms with Crippen LogP contribution in [0.3, 0.4) is 0 Å². The molecular formula is C22H20N4O3S. The summed E-state index contributed by atoms with van der Waals surface area (Å²) in [5.41, 5.74) is 2.15. The number of benzene rings is 2. The van der Waals surface area contributed by atoms with Gasteiger partial charge < -0.3 is 9.26 Å². The number of nitrogens with one attached hydrogen (secondary N) is 1. The van der Waals surface area contributed by atoms with Gasteiger partial charge in [0.25, 0.3) is 11.8 Å². The topological polar surface area (TPSA) is 90.1 Å². The van der Waals surface area contributed by atoms with E-state index in [4.69, 9.17) is 9.26 Å². The quantitative estimate of drug-likeness (QED) is 0.458. The lowest BCUT2D eigenvalue weighted by molar-refractivity contribution is 0.102. The van der Waals surface area contributed by atoms with Gasteiger partial charge in [0.05, 0.1) is 12.8 Å². The van der Waals surface area contributed by atoms with Crippen molar-refractivity contribution in [3.63, 3.8) is 0 Å². The standard InChI is InChI=1S/C22H20N4O3S/c1-13(2)17-18(21-24-19(26-29-21)14-8-5-4-6-9-14)30-22(23-17)25-20(27)15-10-7-11-16(12-15)28-3/h4-13H,1-3H3,(H,23,25,27). The molecule has 0 aliphatic rings. The number of hydrogen-bond acceptors (Lipinski definition) is 7. The molecule has 8 heteroatoms. The van der Waals surface area contributed by atoms with Crippen LogP contribution in [0, 0.1) is 0 Å². The first-order valence-electron chi connectivity index (χ1n) is 9.40. The van der Waals surface area contributed by atoms with Crippen LogP contribution in [0.4, 0.5) is 5.13 Å². The highest BCUT2D eigenvalue weighted by Crippen LogP contribution is 2.37. The third-order valence-corrected chi connectivity index (χ3v) is 5.38. The Kier molecular flexibility index (Phi) is 5.58. The first kappa shape index (κ1) is 19.8. The van der Waals surface area contributed by atoms with Crippen LogP contribution in [0.25, 0.3) is 22.2 Å². The summed E-state index contributed by atoms with van der Waals surface area (Å²) in [7, 11) is 1.56. The van der Waals surface area contributed by atoms with E-state index in [0.29, 0.717) is 28.2 Å². The molecule has 1 amide bonds. The Labute approximate surface area is 177 Å². The normalized spacial score (nSPS) is 10.9. The van der Waals surface area contributed by atoms with E-state index in [1.54, 1.807) is 31.4 Å². The van der Waals surface area contributed by atoms with Gasteiger partial charge in [-0.25, -0.2) is 4.98 Å². The van der Waals surface area contributed by atoms with Gasteiger partial charge in [0.2, 0.25) is 5.82 Å². The van der Waals surface area contributed by atoms with Gasteiger partial charge in [-0.05, 0) is 24.1 Å². The molecule has 0 unspecified atom stereocenters. The van der Waals surface area contributed by atoms with Crippen LogP contribution in [0.2, 0.25) is 0 Å². The molecule has 152 valence electrons. The van der Waals surface area contributed by atoms with Gasteiger partial charge in [-0.1, -0.05) is 66.7 Å². The summed E-state index contributed by atoms with van der Waals surface area (Å²) < 4.78 is 10.7. The number of hydrogen-bond donors (Lipinski definition) is 1. The molecule has 30 heavy (non-hydrogen) atoms. The van der Waals surface area contributed by atoms with Crippen LogP contribution < -0.4 is 10.1 Å². The van der Waals surface area contributed by atoms with Crippen molar-refractivity contribution in [2.75, 3.05) is 12.4 Å². The fourth-order valence-electron chi connectivity index (χ4n) is 2.88. The molecule has 0 spiro atoms. The summed E-state index contributed by atoms with van der Waals surface area (Å²) in [4.78, 5) is 22.5. The zero-order chi connectivity index (χ0) is 21.1. The SMILES string of the molecule is COc1cccc(C(=O)Nc2nc(C(C)C)c(-c3nc(-c4ccccc4)no3)s2)c1.